The number of alkyl halides is 3. The second-order valence-electron chi connectivity index (χ2n) is 4.36. The van der Waals surface area contributed by atoms with Crippen molar-refractivity contribution in [3.63, 3.8) is 0 Å². The maximum Gasteiger partial charge on any atom is 0.406 e. The second kappa shape index (κ2) is 4.38. The summed E-state index contributed by atoms with van der Waals surface area (Å²) in [5.74, 6) is -0.699. The summed E-state index contributed by atoms with van der Waals surface area (Å²) in [5, 5.41) is 0. The molecule has 90 valence electrons. The smallest absolute Gasteiger partial charge is 0.330 e. The summed E-state index contributed by atoms with van der Waals surface area (Å²) in [6, 6.07) is -0.526. The molecule has 0 spiro atoms. The number of carbonyl (C=O) groups is 1. The first-order chi connectivity index (χ1) is 6.45. The van der Waals surface area contributed by atoms with Crippen molar-refractivity contribution in [2.75, 3.05) is 6.54 Å². The van der Waals surface area contributed by atoms with E-state index in [-0.39, 0.29) is 0 Å². The summed E-state index contributed by atoms with van der Waals surface area (Å²) in [6.45, 7) is 4.57. The molecule has 0 aliphatic heterocycles. The molecule has 0 bridgehead atoms. The fourth-order valence-electron chi connectivity index (χ4n) is 1.05. The van der Waals surface area contributed by atoms with E-state index in [1.54, 1.807) is 0 Å². The van der Waals surface area contributed by atoms with Gasteiger partial charge in [-0.2, -0.15) is 13.2 Å². The van der Waals surface area contributed by atoms with E-state index in [4.69, 9.17) is 5.73 Å². The summed E-state index contributed by atoms with van der Waals surface area (Å²) in [6.07, 6.45) is -4.40. The molecule has 0 fully saturated rings. The van der Waals surface area contributed by atoms with E-state index in [1.165, 1.54) is 27.7 Å². The van der Waals surface area contributed by atoms with E-state index in [0.29, 0.717) is 0 Å². The lowest BCUT2D eigenvalue weighted by atomic mass is 10.0. The lowest BCUT2D eigenvalue weighted by molar-refractivity contribution is -0.167. The number of carbonyl (C=O) groups excluding carboxylic acids is 1. The minimum absolute atomic E-state index is 0.526. The maximum absolute atomic E-state index is 12.2. The molecule has 3 nitrogen and oxygen atoms in total. The highest BCUT2D eigenvalue weighted by Crippen LogP contribution is 2.20. The van der Waals surface area contributed by atoms with Crippen molar-refractivity contribution in [1.29, 1.82) is 0 Å². The van der Waals surface area contributed by atoms with Crippen LogP contribution < -0.4 is 5.73 Å². The second-order valence-corrected chi connectivity index (χ2v) is 4.36. The number of amides is 1. The summed E-state index contributed by atoms with van der Waals surface area (Å²) < 4.78 is 36.5. The van der Waals surface area contributed by atoms with Crippen molar-refractivity contribution in [3.8, 4) is 0 Å². The molecule has 0 aliphatic carbocycles. The van der Waals surface area contributed by atoms with Gasteiger partial charge in [0.15, 0.2) is 0 Å². The van der Waals surface area contributed by atoms with E-state index in [2.05, 4.69) is 0 Å². The molecule has 0 heterocycles. The van der Waals surface area contributed by atoms with Crippen LogP contribution in [0.5, 0.6) is 0 Å². The van der Waals surface area contributed by atoms with Crippen molar-refractivity contribution in [1.82, 2.24) is 4.90 Å². The number of halogens is 3. The van der Waals surface area contributed by atoms with Gasteiger partial charge in [0.05, 0.1) is 5.54 Å². The average Bonchev–Trinajstić information content (AvgIpc) is 1.94. The van der Waals surface area contributed by atoms with Crippen molar-refractivity contribution < 1.29 is 18.0 Å². The van der Waals surface area contributed by atoms with Gasteiger partial charge in [-0.05, 0) is 27.7 Å². The summed E-state index contributed by atoms with van der Waals surface area (Å²) in [7, 11) is 0. The van der Waals surface area contributed by atoms with Gasteiger partial charge in [0.1, 0.15) is 6.54 Å². The first-order valence-corrected chi connectivity index (χ1v) is 4.62. The van der Waals surface area contributed by atoms with Crippen LogP contribution in [0.1, 0.15) is 27.7 Å². The van der Waals surface area contributed by atoms with Gasteiger partial charge in [0.25, 0.3) is 0 Å². The highest BCUT2D eigenvalue weighted by atomic mass is 19.4. The van der Waals surface area contributed by atoms with Gasteiger partial charge in [0.2, 0.25) is 5.91 Å². The molecule has 15 heavy (non-hydrogen) atoms. The molecule has 0 unspecified atom stereocenters. The predicted octanol–water partition coefficient (Wildman–Crippen LogP) is 1.52. The molecule has 1 amide bonds. The Morgan fingerprint density at radius 2 is 1.73 bits per heavy atom. The Kier molecular flexibility index (Phi) is 4.16. The monoisotopic (exact) mass is 226 g/mol. The third-order valence-corrected chi connectivity index (χ3v) is 1.79. The van der Waals surface area contributed by atoms with Gasteiger partial charge in [-0.3, -0.25) is 4.79 Å². The lowest BCUT2D eigenvalue weighted by Crippen LogP contribution is -2.55. The third kappa shape index (κ3) is 5.01. The number of hydrogen-bond acceptors (Lipinski definition) is 2. The zero-order valence-corrected chi connectivity index (χ0v) is 9.35. The Hall–Kier alpha value is -0.780. The fourth-order valence-corrected chi connectivity index (χ4v) is 1.05. The lowest BCUT2D eigenvalue weighted by Gasteiger charge is -2.33. The zero-order valence-electron chi connectivity index (χ0n) is 9.35. The number of nitrogens with zero attached hydrogens (tertiary/aromatic N) is 1. The SMILES string of the molecule is CC(C)N(CC(F)(F)F)C(=O)C(C)(C)N. The van der Waals surface area contributed by atoms with Gasteiger partial charge < -0.3 is 10.6 Å². The minimum atomic E-state index is -4.40. The molecule has 0 aromatic heterocycles. The minimum Gasteiger partial charge on any atom is -0.330 e. The maximum atomic E-state index is 12.2. The fraction of sp³-hybridized carbons (Fsp3) is 0.889. The van der Waals surface area contributed by atoms with Crippen LogP contribution in [0.2, 0.25) is 0 Å². The molecule has 6 heteroatoms. The Morgan fingerprint density at radius 3 is 1.93 bits per heavy atom. The van der Waals surface area contributed by atoms with E-state index in [9.17, 15) is 18.0 Å². The number of hydrogen-bond donors (Lipinski definition) is 1. The number of rotatable bonds is 3. The van der Waals surface area contributed by atoms with Gasteiger partial charge in [0, 0.05) is 6.04 Å². The third-order valence-electron chi connectivity index (χ3n) is 1.79. The van der Waals surface area contributed by atoms with Crippen molar-refractivity contribution in [3.05, 3.63) is 0 Å². The molecule has 0 saturated heterocycles. The van der Waals surface area contributed by atoms with Gasteiger partial charge in [-0.1, -0.05) is 0 Å². The highest BCUT2D eigenvalue weighted by Gasteiger charge is 2.38. The van der Waals surface area contributed by atoms with Crippen LogP contribution in [0.25, 0.3) is 0 Å². The predicted molar refractivity (Wildman–Crippen MR) is 51.2 cm³/mol. The molecular formula is C9H17F3N2O. The standard InChI is InChI=1S/C9H17F3N2O/c1-6(2)14(5-9(10,11)12)7(15)8(3,4)13/h6H,5,13H2,1-4H3. The molecule has 0 atom stereocenters. The van der Waals surface area contributed by atoms with Crippen molar-refractivity contribution >= 4 is 5.91 Å². The normalized spacial score (nSPS) is 13.1. The molecule has 0 rings (SSSR count). The van der Waals surface area contributed by atoms with E-state index < -0.39 is 30.2 Å². The van der Waals surface area contributed by atoms with Crippen LogP contribution in [-0.2, 0) is 4.79 Å². The Labute approximate surface area is 87.4 Å². The molecule has 0 saturated carbocycles. The number of nitrogens with two attached hydrogens (primary N) is 1. The van der Waals surface area contributed by atoms with E-state index in [0.717, 1.165) is 4.90 Å². The Morgan fingerprint density at radius 1 is 1.33 bits per heavy atom. The summed E-state index contributed by atoms with van der Waals surface area (Å²) >= 11 is 0. The zero-order chi connectivity index (χ0) is 12.4. The summed E-state index contributed by atoms with van der Waals surface area (Å²) in [4.78, 5) is 12.3. The highest BCUT2D eigenvalue weighted by molar-refractivity contribution is 5.85. The molecule has 0 aromatic rings. The summed E-state index contributed by atoms with van der Waals surface area (Å²) in [5.41, 5.74) is 4.20. The molecule has 0 aliphatic rings. The van der Waals surface area contributed by atoms with Crippen LogP contribution in [0.15, 0.2) is 0 Å². The molecule has 2 N–H and O–H groups in total. The largest absolute Gasteiger partial charge is 0.406 e. The van der Waals surface area contributed by atoms with Gasteiger partial charge >= 0.3 is 6.18 Å². The van der Waals surface area contributed by atoms with Crippen LogP contribution in [-0.4, -0.2) is 35.1 Å². The quantitative estimate of drug-likeness (QED) is 0.793. The van der Waals surface area contributed by atoms with Crippen LogP contribution >= 0.6 is 0 Å². The first-order valence-electron chi connectivity index (χ1n) is 4.62. The van der Waals surface area contributed by atoms with E-state index >= 15 is 0 Å². The van der Waals surface area contributed by atoms with Crippen molar-refractivity contribution in [2.24, 2.45) is 5.73 Å². The Balaban J connectivity index is 4.77. The first kappa shape index (κ1) is 14.2. The Bertz CT molecular complexity index is 230. The molecule has 0 radical (unpaired) electrons. The van der Waals surface area contributed by atoms with Crippen molar-refractivity contribution in [2.45, 2.75) is 45.5 Å². The van der Waals surface area contributed by atoms with E-state index in [1.807, 2.05) is 0 Å². The van der Waals surface area contributed by atoms with Crippen LogP contribution in [0.4, 0.5) is 13.2 Å². The van der Waals surface area contributed by atoms with Crippen LogP contribution in [0, 0.1) is 0 Å². The molecular weight excluding hydrogens is 209 g/mol. The topological polar surface area (TPSA) is 46.3 Å². The average molecular weight is 226 g/mol. The van der Waals surface area contributed by atoms with Crippen LogP contribution in [0.3, 0.4) is 0 Å². The van der Waals surface area contributed by atoms with Gasteiger partial charge in [-0.15, -0.1) is 0 Å². The molecule has 0 aromatic carbocycles. The van der Waals surface area contributed by atoms with Gasteiger partial charge in [-0.25, -0.2) is 0 Å².